The SMILES string of the molecule is C=CCn1ccc2ccc(N)cc2c1=O. The molecule has 1 aromatic carbocycles. The Hall–Kier alpha value is -2.03. The van der Waals surface area contributed by atoms with Crippen molar-refractivity contribution < 1.29 is 0 Å². The molecule has 3 heteroatoms. The third-order valence-electron chi connectivity index (χ3n) is 2.33. The topological polar surface area (TPSA) is 48.0 Å². The average molecular weight is 200 g/mol. The van der Waals surface area contributed by atoms with Crippen LogP contribution in [0.1, 0.15) is 0 Å². The molecule has 0 aliphatic heterocycles. The number of allylic oxidation sites excluding steroid dienone is 1. The monoisotopic (exact) mass is 200 g/mol. The van der Waals surface area contributed by atoms with Gasteiger partial charge in [-0.2, -0.15) is 0 Å². The minimum Gasteiger partial charge on any atom is -0.399 e. The van der Waals surface area contributed by atoms with Gasteiger partial charge in [0.2, 0.25) is 0 Å². The highest BCUT2D eigenvalue weighted by Gasteiger charge is 2.01. The molecule has 2 aromatic rings. The summed E-state index contributed by atoms with van der Waals surface area (Å²) >= 11 is 0. The fourth-order valence-corrected chi connectivity index (χ4v) is 1.58. The van der Waals surface area contributed by atoms with Crippen molar-refractivity contribution in [3.63, 3.8) is 0 Å². The number of fused-ring (bicyclic) bond motifs is 1. The van der Waals surface area contributed by atoms with Crippen LogP contribution in [0.2, 0.25) is 0 Å². The lowest BCUT2D eigenvalue weighted by Gasteiger charge is -2.04. The van der Waals surface area contributed by atoms with Crippen LogP contribution in [0, 0.1) is 0 Å². The summed E-state index contributed by atoms with van der Waals surface area (Å²) in [5, 5.41) is 1.56. The lowest BCUT2D eigenvalue weighted by molar-refractivity contribution is 0.790. The van der Waals surface area contributed by atoms with Crippen molar-refractivity contribution >= 4 is 16.5 Å². The molecule has 0 aliphatic rings. The molecular formula is C12H12N2O. The predicted molar refractivity (Wildman–Crippen MR) is 62.8 cm³/mol. The van der Waals surface area contributed by atoms with E-state index in [0.717, 1.165) is 5.39 Å². The fourth-order valence-electron chi connectivity index (χ4n) is 1.58. The Morgan fingerprint density at radius 3 is 2.93 bits per heavy atom. The molecule has 76 valence electrons. The third kappa shape index (κ3) is 1.64. The number of hydrogen-bond acceptors (Lipinski definition) is 2. The Labute approximate surface area is 87.4 Å². The van der Waals surface area contributed by atoms with E-state index in [1.54, 1.807) is 29.0 Å². The number of nitrogens with zero attached hydrogens (tertiary/aromatic N) is 1. The molecule has 2 N–H and O–H groups in total. The summed E-state index contributed by atoms with van der Waals surface area (Å²) in [5.74, 6) is 0. The van der Waals surface area contributed by atoms with E-state index in [-0.39, 0.29) is 5.56 Å². The third-order valence-corrected chi connectivity index (χ3v) is 2.33. The van der Waals surface area contributed by atoms with Gasteiger partial charge in [-0.25, -0.2) is 0 Å². The molecule has 0 unspecified atom stereocenters. The molecule has 0 bridgehead atoms. The first kappa shape index (κ1) is 9.52. The lowest BCUT2D eigenvalue weighted by atomic mass is 10.1. The molecule has 0 amide bonds. The van der Waals surface area contributed by atoms with Crippen molar-refractivity contribution in [3.8, 4) is 0 Å². The standard InChI is InChI=1S/C12H12N2O/c1-2-6-14-7-5-9-3-4-10(13)8-11(9)12(14)15/h2-5,7-8H,1,6,13H2. The molecule has 1 aromatic heterocycles. The zero-order chi connectivity index (χ0) is 10.8. The maximum Gasteiger partial charge on any atom is 0.258 e. The number of aromatic nitrogens is 1. The van der Waals surface area contributed by atoms with E-state index >= 15 is 0 Å². The molecule has 0 saturated carbocycles. The summed E-state index contributed by atoms with van der Waals surface area (Å²) in [4.78, 5) is 11.9. The van der Waals surface area contributed by atoms with Crippen molar-refractivity contribution in [2.24, 2.45) is 0 Å². The van der Waals surface area contributed by atoms with Crippen LogP contribution in [0.3, 0.4) is 0 Å². The van der Waals surface area contributed by atoms with Gasteiger partial charge in [-0.15, -0.1) is 6.58 Å². The summed E-state index contributed by atoms with van der Waals surface area (Å²) in [7, 11) is 0. The Morgan fingerprint density at radius 2 is 2.20 bits per heavy atom. The van der Waals surface area contributed by atoms with Gasteiger partial charge < -0.3 is 10.3 Å². The van der Waals surface area contributed by atoms with E-state index in [1.807, 2.05) is 12.1 Å². The molecule has 1 heterocycles. The van der Waals surface area contributed by atoms with Crippen molar-refractivity contribution in [2.45, 2.75) is 6.54 Å². The van der Waals surface area contributed by atoms with Gasteiger partial charge in [0.05, 0.1) is 0 Å². The number of nitrogens with two attached hydrogens (primary N) is 1. The highest BCUT2D eigenvalue weighted by Crippen LogP contribution is 2.13. The first-order valence-electron chi connectivity index (χ1n) is 4.72. The van der Waals surface area contributed by atoms with E-state index < -0.39 is 0 Å². The predicted octanol–water partition coefficient (Wildman–Crippen LogP) is 1.77. The van der Waals surface area contributed by atoms with Crippen LogP contribution in [0.25, 0.3) is 10.8 Å². The second-order valence-corrected chi connectivity index (χ2v) is 3.41. The summed E-state index contributed by atoms with van der Waals surface area (Å²) < 4.78 is 1.61. The van der Waals surface area contributed by atoms with Gasteiger partial charge in [0.15, 0.2) is 0 Å². The normalized spacial score (nSPS) is 10.4. The maximum absolute atomic E-state index is 11.9. The molecule has 0 atom stereocenters. The Bertz CT molecular complexity index is 569. The van der Waals surface area contributed by atoms with Crippen LogP contribution < -0.4 is 11.3 Å². The quantitative estimate of drug-likeness (QED) is 0.593. The lowest BCUT2D eigenvalue weighted by Crippen LogP contribution is -2.18. The second kappa shape index (κ2) is 3.61. The number of benzene rings is 1. The van der Waals surface area contributed by atoms with E-state index in [0.29, 0.717) is 17.6 Å². The van der Waals surface area contributed by atoms with Gasteiger partial charge >= 0.3 is 0 Å². The molecule has 15 heavy (non-hydrogen) atoms. The Kier molecular flexibility index (Phi) is 2.29. The van der Waals surface area contributed by atoms with Crippen molar-refractivity contribution in [2.75, 3.05) is 5.73 Å². The molecule has 2 rings (SSSR count). The number of rotatable bonds is 2. The summed E-state index contributed by atoms with van der Waals surface area (Å²) in [6.07, 6.45) is 3.46. The summed E-state index contributed by atoms with van der Waals surface area (Å²) in [6, 6.07) is 7.25. The number of pyridine rings is 1. The van der Waals surface area contributed by atoms with E-state index in [9.17, 15) is 4.79 Å². The molecule has 0 saturated heterocycles. The first-order valence-corrected chi connectivity index (χ1v) is 4.72. The minimum atomic E-state index is -0.0281. The van der Waals surface area contributed by atoms with Crippen molar-refractivity contribution in [1.29, 1.82) is 0 Å². The van der Waals surface area contributed by atoms with Crippen molar-refractivity contribution in [1.82, 2.24) is 4.57 Å². The zero-order valence-corrected chi connectivity index (χ0v) is 8.31. The highest BCUT2D eigenvalue weighted by molar-refractivity contribution is 5.84. The van der Waals surface area contributed by atoms with Gasteiger partial charge in [0, 0.05) is 23.8 Å². The van der Waals surface area contributed by atoms with Crippen LogP contribution in [0.15, 0.2) is 47.9 Å². The van der Waals surface area contributed by atoms with Crippen LogP contribution in [0.5, 0.6) is 0 Å². The van der Waals surface area contributed by atoms with Crippen LogP contribution >= 0.6 is 0 Å². The van der Waals surface area contributed by atoms with Crippen LogP contribution in [-0.2, 0) is 6.54 Å². The molecule has 0 radical (unpaired) electrons. The largest absolute Gasteiger partial charge is 0.399 e. The van der Waals surface area contributed by atoms with Crippen molar-refractivity contribution in [3.05, 3.63) is 53.5 Å². The van der Waals surface area contributed by atoms with Crippen LogP contribution in [0.4, 0.5) is 5.69 Å². The molecule has 0 aliphatic carbocycles. The number of nitrogen functional groups attached to an aromatic ring is 1. The Balaban J connectivity index is 2.76. The van der Waals surface area contributed by atoms with E-state index in [1.165, 1.54) is 0 Å². The van der Waals surface area contributed by atoms with Gasteiger partial charge in [-0.1, -0.05) is 12.1 Å². The first-order chi connectivity index (χ1) is 7.22. The summed E-state index contributed by atoms with van der Waals surface area (Å²) in [6.45, 7) is 4.13. The van der Waals surface area contributed by atoms with Gasteiger partial charge in [0.1, 0.15) is 0 Å². The molecule has 0 fully saturated rings. The number of hydrogen-bond donors (Lipinski definition) is 1. The van der Waals surface area contributed by atoms with Gasteiger partial charge in [0.25, 0.3) is 5.56 Å². The van der Waals surface area contributed by atoms with Crippen LogP contribution in [-0.4, -0.2) is 4.57 Å². The fraction of sp³-hybridized carbons (Fsp3) is 0.0833. The van der Waals surface area contributed by atoms with E-state index in [2.05, 4.69) is 6.58 Å². The minimum absolute atomic E-state index is 0.0281. The van der Waals surface area contributed by atoms with E-state index in [4.69, 9.17) is 5.73 Å². The molecule has 0 spiro atoms. The zero-order valence-electron chi connectivity index (χ0n) is 8.31. The van der Waals surface area contributed by atoms with Gasteiger partial charge in [-0.05, 0) is 23.6 Å². The Morgan fingerprint density at radius 1 is 1.40 bits per heavy atom. The maximum atomic E-state index is 11.9. The smallest absolute Gasteiger partial charge is 0.258 e. The molecular weight excluding hydrogens is 188 g/mol. The molecule has 3 nitrogen and oxygen atoms in total. The second-order valence-electron chi connectivity index (χ2n) is 3.41. The highest BCUT2D eigenvalue weighted by atomic mass is 16.1. The summed E-state index contributed by atoms with van der Waals surface area (Å²) in [5.41, 5.74) is 6.23. The number of anilines is 1. The average Bonchev–Trinajstić information content (AvgIpc) is 2.23. The van der Waals surface area contributed by atoms with Gasteiger partial charge in [-0.3, -0.25) is 4.79 Å².